The van der Waals surface area contributed by atoms with E-state index in [1.54, 1.807) is 24.3 Å². The molecule has 0 aliphatic carbocycles. The van der Waals surface area contributed by atoms with E-state index in [0.29, 0.717) is 16.8 Å². The van der Waals surface area contributed by atoms with Crippen molar-refractivity contribution in [2.45, 2.75) is 6.18 Å². The van der Waals surface area contributed by atoms with Gasteiger partial charge < -0.3 is 11.5 Å². The van der Waals surface area contributed by atoms with Gasteiger partial charge in [-0.15, -0.1) is 0 Å². The Labute approximate surface area is 102 Å². The molecule has 0 fully saturated rings. The summed E-state index contributed by atoms with van der Waals surface area (Å²) in [6.45, 7) is 0. The highest BCUT2D eigenvalue weighted by Gasteiger charge is 2.30. The molecule has 0 radical (unpaired) electrons. The van der Waals surface area contributed by atoms with Crippen LogP contribution in [0.3, 0.4) is 0 Å². The van der Waals surface area contributed by atoms with Gasteiger partial charge in [0.15, 0.2) is 0 Å². The van der Waals surface area contributed by atoms with Crippen LogP contribution in [0.25, 0.3) is 11.1 Å². The van der Waals surface area contributed by atoms with Gasteiger partial charge in [-0.1, -0.05) is 12.1 Å². The Morgan fingerprint density at radius 3 is 2.22 bits per heavy atom. The van der Waals surface area contributed by atoms with Gasteiger partial charge in [0.2, 0.25) is 0 Å². The first-order valence-corrected chi connectivity index (χ1v) is 5.20. The number of benzene rings is 2. The zero-order valence-corrected chi connectivity index (χ0v) is 9.33. The first kappa shape index (κ1) is 12.3. The molecule has 18 heavy (non-hydrogen) atoms. The molecule has 0 aromatic heterocycles. The zero-order chi connectivity index (χ0) is 13.3. The SMILES string of the molecule is Nc1cccc(-c2cc(C(F)(F)F)ccc2N)c1. The fourth-order valence-corrected chi connectivity index (χ4v) is 1.69. The second kappa shape index (κ2) is 4.25. The van der Waals surface area contributed by atoms with Crippen molar-refractivity contribution >= 4 is 11.4 Å². The van der Waals surface area contributed by atoms with Crippen molar-refractivity contribution in [3.8, 4) is 11.1 Å². The molecule has 0 atom stereocenters. The molecule has 2 aromatic rings. The summed E-state index contributed by atoms with van der Waals surface area (Å²) in [5.74, 6) is 0. The molecule has 2 rings (SSSR count). The van der Waals surface area contributed by atoms with Gasteiger partial charge in [-0.25, -0.2) is 0 Å². The molecule has 0 unspecified atom stereocenters. The summed E-state index contributed by atoms with van der Waals surface area (Å²) in [5.41, 5.74) is 12.2. The van der Waals surface area contributed by atoms with Gasteiger partial charge in [0.25, 0.3) is 0 Å². The highest BCUT2D eigenvalue weighted by Crippen LogP contribution is 2.35. The summed E-state index contributed by atoms with van der Waals surface area (Å²) >= 11 is 0. The molecule has 2 aromatic carbocycles. The number of nitrogen functional groups attached to an aromatic ring is 2. The van der Waals surface area contributed by atoms with E-state index in [9.17, 15) is 13.2 Å². The van der Waals surface area contributed by atoms with Crippen LogP contribution in [0.15, 0.2) is 42.5 Å². The van der Waals surface area contributed by atoms with Crippen molar-refractivity contribution in [3.05, 3.63) is 48.0 Å². The van der Waals surface area contributed by atoms with Crippen LogP contribution in [0.5, 0.6) is 0 Å². The fraction of sp³-hybridized carbons (Fsp3) is 0.0769. The molecule has 0 heterocycles. The van der Waals surface area contributed by atoms with E-state index in [-0.39, 0.29) is 5.69 Å². The molecule has 0 amide bonds. The maximum Gasteiger partial charge on any atom is 0.416 e. The highest BCUT2D eigenvalue weighted by molar-refractivity contribution is 5.78. The van der Waals surface area contributed by atoms with E-state index < -0.39 is 11.7 Å². The van der Waals surface area contributed by atoms with Crippen LogP contribution < -0.4 is 11.5 Å². The molecule has 0 spiro atoms. The standard InChI is InChI=1S/C13H11F3N2/c14-13(15,16)9-4-5-12(18)11(7-9)8-2-1-3-10(17)6-8/h1-7H,17-18H2. The Hall–Kier alpha value is -2.17. The molecule has 5 heteroatoms. The topological polar surface area (TPSA) is 52.0 Å². The van der Waals surface area contributed by atoms with Gasteiger partial charge in [-0.05, 0) is 35.9 Å². The van der Waals surface area contributed by atoms with E-state index in [1.807, 2.05) is 0 Å². The lowest BCUT2D eigenvalue weighted by Gasteiger charge is -2.11. The van der Waals surface area contributed by atoms with Gasteiger partial charge in [0.1, 0.15) is 0 Å². The van der Waals surface area contributed by atoms with E-state index in [2.05, 4.69) is 0 Å². The van der Waals surface area contributed by atoms with Crippen molar-refractivity contribution in [1.29, 1.82) is 0 Å². The summed E-state index contributed by atoms with van der Waals surface area (Å²) in [6, 6.07) is 9.84. The molecule has 0 saturated heterocycles. The second-order valence-corrected chi connectivity index (χ2v) is 3.93. The normalized spacial score (nSPS) is 11.5. The number of anilines is 2. The number of hydrogen-bond donors (Lipinski definition) is 2. The largest absolute Gasteiger partial charge is 0.416 e. The number of alkyl halides is 3. The van der Waals surface area contributed by atoms with Crippen LogP contribution in [0.2, 0.25) is 0 Å². The average molecular weight is 252 g/mol. The lowest BCUT2D eigenvalue weighted by molar-refractivity contribution is -0.137. The van der Waals surface area contributed by atoms with Gasteiger partial charge in [0.05, 0.1) is 5.56 Å². The third-order valence-electron chi connectivity index (χ3n) is 2.58. The Bertz CT molecular complexity index is 577. The molecule has 4 N–H and O–H groups in total. The molecule has 0 bridgehead atoms. The van der Waals surface area contributed by atoms with Crippen molar-refractivity contribution in [3.63, 3.8) is 0 Å². The predicted molar refractivity (Wildman–Crippen MR) is 65.7 cm³/mol. The molecule has 0 aliphatic rings. The second-order valence-electron chi connectivity index (χ2n) is 3.93. The molecule has 0 aliphatic heterocycles. The van der Waals surface area contributed by atoms with Crippen LogP contribution in [-0.4, -0.2) is 0 Å². The first-order chi connectivity index (χ1) is 8.38. The molecule has 2 nitrogen and oxygen atoms in total. The van der Waals surface area contributed by atoms with E-state index in [0.717, 1.165) is 12.1 Å². The third kappa shape index (κ3) is 2.40. The number of nitrogens with two attached hydrogens (primary N) is 2. The minimum atomic E-state index is -4.39. The maximum absolute atomic E-state index is 12.6. The average Bonchev–Trinajstić information content (AvgIpc) is 2.28. The molecular formula is C13H11F3N2. The monoisotopic (exact) mass is 252 g/mol. The quantitative estimate of drug-likeness (QED) is 0.763. The predicted octanol–water partition coefficient (Wildman–Crippen LogP) is 3.54. The third-order valence-corrected chi connectivity index (χ3v) is 2.58. The van der Waals surface area contributed by atoms with Crippen molar-refractivity contribution in [2.75, 3.05) is 11.5 Å². The molecule has 0 saturated carbocycles. The van der Waals surface area contributed by atoms with Crippen LogP contribution in [0.4, 0.5) is 24.5 Å². The maximum atomic E-state index is 12.6. The van der Waals surface area contributed by atoms with Gasteiger partial charge in [-0.3, -0.25) is 0 Å². The number of rotatable bonds is 1. The smallest absolute Gasteiger partial charge is 0.399 e. The van der Waals surface area contributed by atoms with E-state index >= 15 is 0 Å². The first-order valence-electron chi connectivity index (χ1n) is 5.20. The fourth-order valence-electron chi connectivity index (χ4n) is 1.69. The lowest BCUT2D eigenvalue weighted by Crippen LogP contribution is -2.05. The highest BCUT2D eigenvalue weighted by atomic mass is 19.4. The minimum Gasteiger partial charge on any atom is -0.399 e. The van der Waals surface area contributed by atoms with Gasteiger partial charge >= 0.3 is 6.18 Å². The van der Waals surface area contributed by atoms with Crippen LogP contribution in [0, 0.1) is 0 Å². The summed E-state index contributed by atoms with van der Waals surface area (Å²) in [6.07, 6.45) is -4.39. The van der Waals surface area contributed by atoms with Crippen molar-refractivity contribution in [2.24, 2.45) is 0 Å². The Morgan fingerprint density at radius 2 is 1.61 bits per heavy atom. The number of hydrogen-bond acceptors (Lipinski definition) is 2. The summed E-state index contributed by atoms with van der Waals surface area (Å²) in [4.78, 5) is 0. The Balaban J connectivity index is 2.57. The van der Waals surface area contributed by atoms with Crippen molar-refractivity contribution < 1.29 is 13.2 Å². The Morgan fingerprint density at radius 1 is 0.889 bits per heavy atom. The minimum absolute atomic E-state index is 0.286. The van der Waals surface area contributed by atoms with Gasteiger partial charge in [-0.2, -0.15) is 13.2 Å². The number of halogens is 3. The molecule has 94 valence electrons. The van der Waals surface area contributed by atoms with Gasteiger partial charge in [0, 0.05) is 16.9 Å². The summed E-state index contributed by atoms with van der Waals surface area (Å²) in [5, 5.41) is 0. The zero-order valence-electron chi connectivity index (χ0n) is 9.33. The van der Waals surface area contributed by atoms with Crippen molar-refractivity contribution in [1.82, 2.24) is 0 Å². The van der Waals surface area contributed by atoms with E-state index in [4.69, 9.17) is 11.5 Å². The summed E-state index contributed by atoms with van der Waals surface area (Å²) in [7, 11) is 0. The summed E-state index contributed by atoms with van der Waals surface area (Å²) < 4.78 is 37.9. The van der Waals surface area contributed by atoms with Crippen LogP contribution in [0.1, 0.15) is 5.56 Å². The van der Waals surface area contributed by atoms with Crippen LogP contribution in [-0.2, 0) is 6.18 Å². The Kier molecular flexibility index (Phi) is 2.90. The molecular weight excluding hydrogens is 241 g/mol. The lowest BCUT2D eigenvalue weighted by atomic mass is 10.0. The van der Waals surface area contributed by atoms with Crippen LogP contribution >= 0.6 is 0 Å². The van der Waals surface area contributed by atoms with E-state index in [1.165, 1.54) is 6.07 Å².